The van der Waals surface area contributed by atoms with Gasteiger partial charge in [0.1, 0.15) is 11.5 Å². The summed E-state index contributed by atoms with van der Waals surface area (Å²) >= 11 is 1.80. The molecule has 1 N–H and O–H groups in total. The molecule has 1 aliphatic carbocycles. The molecule has 108 valence electrons. The highest BCUT2D eigenvalue weighted by atomic mass is 32.2. The maximum absolute atomic E-state index is 5.80. The number of hydrogen-bond donors (Lipinski definition) is 1. The second-order valence-corrected chi connectivity index (χ2v) is 6.59. The zero-order valence-electron chi connectivity index (χ0n) is 12.3. The predicted octanol–water partition coefficient (Wildman–Crippen LogP) is 4.59. The van der Waals surface area contributed by atoms with Crippen molar-refractivity contribution in [3.05, 3.63) is 23.7 Å². The van der Waals surface area contributed by atoms with Crippen molar-refractivity contribution in [1.29, 1.82) is 0 Å². The van der Waals surface area contributed by atoms with Crippen LogP contribution in [0, 0.1) is 5.92 Å². The van der Waals surface area contributed by atoms with Crippen LogP contribution in [-0.2, 0) is 12.3 Å². The Balaban J connectivity index is 1.76. The van der Waals surface area contributed by atoms with Gasteiger partial charge in [0.25, 0.3) is 0 Å². The summed E-state index contributed by atoms with van der Waals surface area (Å²) in [5, 5.41) is 3.65. The predicted molar refractivity (Wildman–Crippen MR) is 83.4 cm³/mol. The molecule has 0 amide bonds. The molecule has 1 saturated carbocycles. The Morgan fingerprint density at radius 1 is 1.21 bits per heavy atom. The van der Waals surface area contributed by atoms with Crippen molar-refractivity contribution in [2.45, 2.75) is 63.8 Å². The van der Waals surface area contributed by atoms with Gasteiger partial charge in [0.2, 0.25) is 0 Å². The topological polar surface area (TPSA) is 25.2 Å². The molecule has 0 unspecified atom stereocenters. The van der Waals surface area contributed by atoms with Gasteiger partial charge in [0, 0.05) is 6.04 Å². The van der Waals surface area contributed by atoms with Gasteiger partial charge in [-0.1, -0.05) is 25.7 Å². The van der Waals surface area contributed by atoms with Crippen LogP contribution in [0.5, 0.6) is 0 Å². The zero-order valence-corrected chi connectivity index (χ0v) is 13.1. The fourth-order valence-electron chi connectivity index (χ4n) is 2.98. The molecule has 1 heterocycles. The van der Waals surface area contributed by atoms with Crippen LogP contribution >= 0.6 is 11.8 Å². The summed E-state index contributed by atoms with van der Waals surface area (Å²) in [6.07, 6.45) is 10.6. The van der Waals surface area contributed by atoms with Crippen LogP contribution in [0.25, 0.3) is 0 Å². The smallest absolute Gasteiger partial charge is 0.118 e. The Labute approximate surface area is 121 Å². The number of furan rings is 1. The first-order valence-corrected chi connectivity index (χ1v) is 8.99. The highest BCUT2D eigenvalue weighted by Crippen LogP contribution is 2.25. The fraction of sp³-hybridized carbons (Fsp3) is 0.750. The Morgan fingerprint density at radius 3 is 2.58 bits per heavy atom. The molecule has 0 saturated heterocycles. The molecule has 3 heteroatoms. The number of thioether (sulfide) groups is 1. The standard InChI is InChI=1S/C16H27NOS/c1-13(14-7-5-3-4-6-8-14)17-11-15-9-10-16(18-15)12-19-2/h9-10,13-14,17H,3-8,11-12H2,1-2H3/t13-/m1/s1. The lowest BCUT2D eigenvalue weighted by atomic mass is 9.93. The normalized spacial score (nSPS) is 19.3. The molecule has 1 aliphatic rings. The molecule has 1 aromatic heterocycles. The van der Waals surface area contributed by atoms with E-state index in [4.69, 9.17) is 4.42 Å². The van der Waals surface area contributed by atoms with E-state index in [1.807, 2.05) is 0 Å². The third-order valence-electron chi connectivity index (χ3n) is 4.21. The molecule has 0 aliphatic heterocycles. The van der Waals surface area contributed by atoms with Crippen LogP contribution in [0.2, 0.25) is 0 Å². The first-order valence-electron chi connectivity index (χ1n) is 7.59. The Kier molecular flexibility index (Phi) is 6.32. The summed E-state index contributed by atoms with van der Waals surface area (Å²) in [4.78, 5) is 0. The Bertz CT molecular complexity index is 355. The van der Waals surface area contributed by atoms with Crippen molar-refractivity contribution < 1.29 is 4.42 Å². The average Bonchev–Trinajstić information content (AvgIpc) is 2.69. The fourth-order valence-corrected chi connectivity index (χ4v) is 3.42. The summed E-state index contributed by atoms with van der Waals surface area (Å²) < 4.78 is 5.80. The lowest BCUT2D eigenvalue weighted by Gasteiger charge is -2.23. The minimum atomic E-state index is 0.604. The van der Waals surface area contributed by atoms with Crippen molar-refractivity contribution in [3.8, 4) is 0 Å². The van der Waals surface area contributed by atoms with Crippen molar-refractivity contribution in [3.63, 3.8) is 0 Å². The zero-order chi connectivity index (χ0) is 13.5. The summed E-state index contributed by atoms with van der Waals surface area (Å²) in [6.45, 7) is 3.20. The van der Waals surface area contributed by atoms with E-state index in [2.05, 4.69) is 30.6 Å². The second-order valence-electron chi connectivity index (χ2n) is 5.72. The average molecular weight is 281 g/mol. The second kappa shape index (κ2) is 8.01. The molecule has 2 rings (SSSR count). The minimum Gasteiger partial charge on any atom is -0.464 e. The number of nitrogens with one attached hydrogen (secondary N) is 1. The van der Waals surface area contributed by atoms with Crippen molar-refractivity contribution in [2.75, 3.05) is 6.26 Å². The summed E-state index contributed by atoms with van der Waals surface area (Å²) in [7, 11) is 0. The van der Waals surface area contributed by atoms with Gasteiger partial charge in [0.05, 0.1) is 12.3 Å². The van der Waals surface area contributed by atoms with E-state index in [-0.39, 0.29) is 0 Å². The summed E-state index contributed by atoms with van der Waals surface area (Å²) in [5.41, 5.74) is 0. The first kappa shape index (κ1) is 15.0. The molecular formula is C16H27NOS. The van der Waals surface area contributed by atoms with Gasteiger partial charge in [-0.15, -0.1) is 0 Å². The maximum Gasteiger partial charge on any atom is 0.118 e. The summed E-state index contributed by atoms with van der Waals surface area (Å²) in [6, 6.07) is 4.81. The van der Waals surface area contributed by atoms with Gasteiger partial charge in [0.15, 0.2) is 0 Å². The lowest BCUT2D eigenvalue weighted by Crippen LogP contribution is -2.32. The van der Waals surface area contributed by atoms with E-state index in [1.165, 1.54) is 38.5 Å². The van der Waals surface area contributed by atoms with Gasteiger partial charge < -0.3 is 9.73 Å². The molecule has 1 aromatic rings. The van der Waals surface area contributed by atoms with Crippen LogP contribution < -0.4 is 5.32 Å². The lowest BCUT2D eigenvalue weighted by molar-refractivity contribution is 0.325. The van der Waals surface area contributed by atoms with E-state index < -0.39 is 0 Å². The number of hydrogen-bond acceptors (Lipinski definition) is 3. The minimum absolute atomic E-state index is 0.604. The molecule has 0 aromatic carbocycles. The third kappa shape index (κ3) is 4.88. The van der Waals surface area contributed by atoms with E-state index in [1.54, 1.807) is 11.8 Å². The highest BCUT2D eigenvalue weighted by Gasteiger charge is 2.18. The molecule has 0 spiro atoms. The Morgan fingerprint density at radius 2 is 1.89 bits per heavy atom. The van der Waals surface area contributed by atoms with E-state index in [9.17, 15) is 0 Å². The molecule has 0 bridgehead atoms. The van der Waals surface area contributed by atoms with Gasteiger partial charge in [-0.3, -0.25) is 0 Å². The van der Waals surface area contributed by atoms with E-state index >= 15 is 0 Å². The van der Waals surface area contributed by atoms with Crippen LogP contribution in [0.4, 0.5) is 0 Å². The maximum atomic E-state index is 5.80. The molecule has 2 nitrogen and oxygen atoms in total. The molecule has 1 fully saturated rings. The van der Waals surface area contributed by atoms with Gasteiger partial charge >= 0.3 is 0 Å². The van der Waals surface area contributed by atoms with E-state index in [0.717, 1.165) is 29.7 Å². The SMILES string of the molecule is CSCc1ccc(CN[C@H](C)C2CCCCCC2)o1. The third-order valence-corrected chi connectivity index (χ3v) is 4.78. The highest BCUT2D eigenvalue weighted by molar-refractivity contribution is 7.97. The van der Waals surface area contributed by atoms with Gasteiger partial charge in [-0.25, -0.2) is 0 Å². The van der Waals surface area contributed by atoms with Crippen LogP contribution in [0.15, 0.2) is 16.5 Å². The number of rotatable bonds is 6. The van der Waals surface area contributed by atoms with Crippen molar-refractivity contribution >= 4 is 11.8 Å². The molecule has 1 atom stereocenters. The van der Waals surface area contributed by atoms with Gasteiger partial charge in [-0.05, 0) is 44.1 Å². The van der Waals surface area contributed by atoms with E-state index in [0.29, 0.717) is 6.04 Å². The quantitative estimate of drug-likeness (QED) is 0.772. The van der Waals surface area contributed by atoms with Crippen LogP contribution in [-0.4, -0.2) is 12.3 Å². The largest absolute Gasteiger partial charge is 0.464 e. The first-order chi connectivity index (χ1) is 9.29. The van der Waals surface area contributed by atoms with Crippen LogP contribution in [0.3, 0.4) is 0 Å². The van der Waals surface area contributed by atoms with Crippen molar-refractivity contribution in [1.82, 2.24) is 5.32 Å². The molecular weight excluding hydrogens is 254 g/mol. The van der Waals surface area contributed by atoms with Crippen molar-refractivity contribution in [2.24, 2.45) is 5.92 Å². The van der Waals surface area contributed by atoms with Crippen LogP contribution in [0.1, 0.15) is 57.0 Å². The Hall–Kier alpha value is -0.410. The molecule has 0 radical (unpaired) electrons. The monoisotopic (exact) mass is 281 g/mol. The van der Waals surface area contributed by atoms with Gasteiger partial charge in [-0.2, -0.15) is 11.8 Å². The molecule has 19 heavy (non-hydrogen) atoms. The summed E-state index contributed by atoms with van der Waals surface area (Å²) in [5.74, 6) is 3.98.